The van der Waals surface area contributed by atoms with E-state index in [9.17, 15) is 14.3 Å². The topological polar surface area (TPSA) is 96.2 Å². The van der Waals surface area contributed by atoms with Crippen molar-refractivity contribution in [3.05, 3.63) is 64.0 Å². The van der Waals surface area contributed by atoms with Crippen molar-refractivity contribution < 1.29 is 14.3 Å². The van der Waals surface area contributed by atoms with Gasteiger partial charge in [0.15, 0.2) is 16.5 Å². The van der Waals surface area contributed by atoms with Crippen LogP contribution < -0.4 is 0 Å². The van der Waals surface area contributed by atoms with E-state index in [2.05, 4.69) is 20.2 Å². The number of aliphatic carboxylic acids is 1. The Morgan fingerprint density at radius 1 is 1.26 bits per heavy atom. The standard InChI is InChI=1S/C23H18Cl2FN5O2S2/c1-31-20(16-5-3-13(24)7-17(16)25)29-30-22(31)34-10-19-28-23(11-35-19,21(32)33)9-15-6-12-2-4-14(26)8-18(12)27-15/h2-8,27H,9-11H2,1H3,(H,32,33). The van der Waals surface area contributed by atoms with Gasteiger partial charge in [0.1, 0.15) is 5.82 Å². The first-order valence-electron chi connectivity index (χ1n) is 10.4. The quantitative estimate of drug-likeness (QED) is 0.286. The molecule has 1 aliphatic heterocycles. The molecule has 4 aromatic rings. The summed E-state index contributed by atoms with van der Waals surface area (Å²) >= 11 is 15.1. The van der Waals surface area contributed by atoms with Gasteiger partial charge >= 0.3 is 5.97 Å². The number of thioether (sulfide) groups is 2. The lowest BCUT2D eigenvalue weighted by Crippen LogP contribution is -2.39. The molecular weight excluding hydrogens is 532 g/mol. The fourth-order valence-corrected chi connectivity index (χ4v) is 6.53. The van der Waals surface area contributed by atoms with Crippen LogP contribution in [-0.4, -0.2) is 52.9 Å². The van der Waals surface area contributed by atoms with Crippen molar-refractivity contribution in [1.82, 2.24) is 19.7 Å². The highest BCUT2D eigenvalue weighted by Crippen LogP contribution is 2.35. The Labute approximate surface area is 218 Å². The molecule has 0 radical (unpaired) electrons. The van der Waals surface area contributed by atoms with Crippen molar-refractivity contribution in [1.29, 1.82) is 0 Å². The first kappa shape index (κ1) is 24.2. The highest BCUT2D eigenvalue weighted by atomic mass is 35.5. The van der Waals surface area contributed by atoms with Crippen LogP contribution in [-0.2, 0) is 18.3 Å². The van der Waals surface area contributed by atoms with E-state index in [0.717, 1.165) is 5.39 Å². The van der Waals surface area contributed by atoms with Crippen LogP contribution >= 0.6 is 46.7 Å². The van der Waals surface area contributed by atoms with Crippen LogP contribution in [0.5, 0.6) is 0 Å². The Hall–Kier alpha value is -2.53. The summed E-state index contributed by atoms with van der Waals surface area (Å²) < 4.78 is 15.4. The maximum atomic E-state index is 13.5. The summed E-state index contributed by atoms with van der Waals surface area (Å²) in [5.41, 5.74) is 0.754. The molecule has 1 aliphatic rings. The Kier molecular flexibility index (Phi) is 6.56. The number of nitrogens with zero attached hydrogens (tertiary/aromatic N) is 4. The van der Waals surface area contributed by atoms with Gasteiger partial charge in [-0.3, -0.25) is 4.99 Å². The third kappa shape index (κ3) is 4.80. The van der Waals surface area contributed by atoms with Crippen LogP contribution in [0, 0.1) is 5.82 Å². The molecule has 5 rings (SSSR count). The molecule has 12 heteroatoms. The molecule has 0 bridgehead atoms. The minimum Gasteiger partial charge on any atom is -0.479 e. The normalized spacial score (nSPS) is 17.8. The van der Waals surface area contributed by atoms with Gasteiger partial charge in [0.25, 0.3) is 0 Å². The number of carbonyl (C=O) groups is 1. The molecule has 0 saturated heterocycles. The van der Waals surface area contributed by atoms with E-state index < -0.39 is 11.5 Å². The molecule has 1 unspecified atom stereocenters. The second-order valence-electron chi connectivity index (χ2n) is 8.11. The van der Waals surface area contributed by atoms with Gasteiger partial charge in [-0.2, -0.15) is 0 Å². The lowest BCUT2D eigenvalue weighted by Gasteiger charge is -2.19. The molecule has 0 spiro atoms. The van der Waals surface area contributed by atoms with E-state index in [0.29, 0.717) is 54.3 Å². The first-order valence-corrected chi connectivity index (χ1v) is 13.2. The van der Waals surface area contributed by atoms with E-state index in [1.165, 1.54) is 35.7 Å². The van der Waals surface area contributed by atoms with Crippen molar-refractivity contribution in [2.24, 2.45) is 12.0 Å². The van der Waals surface area contributed by atoms with Crippen molar-refractivity contribution in [3.63, 3.8) is 0 Å². The second kappa shape index (κ2) is 9.50. The molecule has 0 saturated carbocycles. The zero-order valence-corrected chi connectivity index (χ0v) is 21.4. The second-order valence-corrected chi connectivity index (χ2v) is 10.9. The van der Waals surface area contributed by atoms with Crippen molar-refractivity contribution in [2.75, 3.05) is 11.5 Å². The molecule has 35 heavy (non-hydrogen) atoms. The van der Waals surface area contributed by atoms with Crippen molar-refractivity contribution in [3.8, 4) is 11.4 Å². The number of hydrogen-bond donors (Lipinski definition) is 2. The molecule has 2 N–H and O–H groups in total. The molecule has 7 nitrogen and oxygen atoms in total. The van der Waals surface area contributed by atoms with Crippen LogP contribution in [0.25, 0.3) is 22.3 Å². The maximum Gasteiger partial charge on any atom is 0.332 e. The van der Waals surface area contributed by atoms with Gasteiger partial charge in [-0.25, -0.2) is 9.18 Å². The highest BCUT2D eigenvalue weighted by Gasteiger charge is 2.43. The van der Waals surface area contributed by atoms with E-state index >= 15 is 0 Å². The van der Waals surface area contributed by atoms with Gasteiger partial charge in [-0.05, 0) is 47.9 Å². The van der Waals surface area contributed by atoms with Gasteiger partial charge in [0.2, 0.25) is 0 Å². The van der Waals surface area contributed by atoms with Gasteiger partial charge < -0.3 is 14.7 Å². The summed E-state index contributed by atoms with van der Waals surface area (Å²) in [7, 11) is 1.84. The molecule has 0 aliphatic carbocycles. The van der Waals surface area contributed by atoms with Gasteiger partial charge in [-0.15, -0.1) is 22.0 Å². The van der Waals surface area contributed by atoms with Crippen molar-refractivity contribution >= 4 is 68.6 Å². The summed E-state index contributed by atoms with van der Waals surface area (Å²) in [6, 6.07) is 11.5. The van der Waals surface area contributed by atoms with Crippen LogP contribution in [0.15, 0.2) is 52.6 Å². The van der Waals surface area contributed by atoms with Crippen LogP contribution in [0.1, 0.15) is 5.69 Å². The molecule has 3 heterocycles. The first-order chi connectivity index (χ1) is 16.7. The fraction of sp³-hybridized carbons (Fsp3) is 0.217. The lowest BCUT2D eigenvalue weighted by atomic mass is 9.96. The molecule has 0 fully saturated rings. The predicted octanol–water partition coefficient (Wildman–Crippen LogP) is 5.71. The maximum absolute atomic E-state index is 13.5. The average Bonchev–Trinajstić information content (AvgIpc) is 3.50. The number of carboxylic acids is 1. The molecule has 1 atom stereocenters. The summed E-state index contributed by atoms with van der Waals surface area (Å²) in [4.78, 5) is 20.0. The van der Waals surface area contributed by atoms with Crippen LogP contribution in [0.3, 0.4) is 0 Å². The van der Waals surface area contributed by atoms with E-state index in [-0.39, 0.29) is 12.2 Å². The van der Waals surface area contributed by atoms with Gasteiger partial charge in [0, 0.05) is 46.8 Å². The summed E-state index contributed by atoms with van der Waals surface area (Å²) in [5, 5.41) is 21.7. The summed E-state index contributed by atoms with van der Waals surface area (Å²) in [5.74, 6) is 0.0287. The summed E-state index contributed by atoms with van der Waals surface area (Å²) in [6.07, 6.45) is 0.184. The predicted molar refractivity (Wildman–Crippen MR) is 139 cm³/mol. The van der Waals surface area contributed by atoms with Gasteiger partial charge in [-0.1, -0.05) is 35.0 Å². The smallest absolute Gasteiger partial charge is 0.332 e. The average molecular weight is 550 g/mol. The molecule has 2 aromatic carbocycles. The third-order valence-corrected chi connectivity index (χ3v) is 8.62. The van der Waals surface area contributed by atoms with E-state index in [4.69, 9.17) is 23.2 Å². The number of H-pyrrole nitrogens is 1. The number of aliphatic imine (C=N–C) groups is 1. The molecular formula is C23H18Cl2FN5O2S2. The molecule has 2 aromatic heterocycles. The number of hydrogen-bond acceptors (Lipinski definition) is 6. The van der Waals surface area contributed by atoms with Crippen LogP contribution in [0.4, 0.5) is 4.39 Å². The number of halogens is 3. The molecule has 0 amide bonds. The van der Waals surface area contributed by atoms with Crippen LogP contribution in [0.2, 0.25) is 10.0 Å². The number of nitrogens with one attached hydrogen (secondary N) is 1. The minimum absolute atomic E-state index is 0.184. The fourth-order valence-electron chi connectivity index (χ4n) is 3.90. The minimum atomic E-state index is -1.29. The van der Waals surface area contributed by atoms with E-state index in [1.807, 2.05) is 17.7 Å². The number of aromatic nitrogens is 4. The number of aromatic amines is 1. The summed E-state index contributed by atoms with van der Waals surface area (Å²) in [6.45, 7) is 0. The van der Waals surface area contributed by atoms with Crippen molar-refractivity contribution in [2.45, 2.75) is 17.1 Å². The number of rotatable bonds is 7. The number of fused-ring (bicyclic) bond motifs is 1. The largest absolute Gasteiger partial charge is 0.479 e. The monoisotopic (exact) mass is 549 g/mol. The zero-order valence-electron chi connectivity index (χ0n) is 18.3. The van der Waals surface area contributed by atoms with Gasteiger partial charge in [0.05, 0.1) is 10.1 Å². The molecule has 180 valence electrons. The number of benzene rings is 2. The Bertz CT molecular complexity index is 1490. The number of carboxylic acid groups (broad SMARTS) is 1. The highest BCUT2D eigenvalue weighted by molar-refractivity contribution is 8.16. The Morgan fingerprint density at radius 2 is 2.09 bits per heavy atom. The Morgan fingerprint density at radius 3 is 2.86 bits per heavy atom. The Balaban J connectivity index is 1.33. The third-order valence-electron chi connectivity index (χ3n) is 5.67. The zero-order chi connectivity index (χ0) is 24.7. The van der Waals surface area contributed by atoms with E-state index in [1.54, 1.807) is 24.3 Å². The lowest BCUT2D eigenvalue weighted by molar-refractivity contribution is -0.142. The SMILES string of the molecule is Cn1c(SCC2=NC(Cc3cc4ccc(F)cc4[nH]3)(C(=O)O)CS2)nnc1-c1ccc(Cl)cc1Cl.